The normalized spacial score (nSPS) is 9.90. The summed E-state index contributed by atoms with van der Waals surface area (Å²) in [5.41, 5.74) is 1.01. The van der Waals surface area contributed by atoms with Crippen LogP contribution in [0.3, 0.4) is 0 Å². The fraction of sp³-hybridized carbons (Fsp3) is 0.263. The molecule has 0 atom stereocenters. The highest BCUT2D eigenvalue weighted by Crippen LogP contribution is 2.33. The number of amides is 1. The largest absolute Gasteiger partial charge is 0.497 e. The highest BCUT2D eigenvalue weighted by atomic mass is 32.1. The van der Waals surface area contributed by atoms with Crippen LogP contribution in [0.25, 0.3) is 0 Å². The zero-order chi connectivity index (χ0) is 21.6. The van der Waals surface area contributed by atoms with E-state index in [1.54, 1.807) is 32.0 Å². The zero-order valence-corrected chi connectivity index (χ0v) is 17.9. The van der Waals surface area contributed by atoms with E-state index in [4.69, 9.17) is 26.4 Å². The van der Waals surface area contributed by atoms with Crippen molar-refractivity contribution < 1.29 is 23.8 Å². The third-order valence-electron chi connectivity index (χ3n) is 3.83. The Hall–Kier alpha value is -3.16. The molecule has 0 aliphatic carbocycles. The number of benzene rings is 1. The summed E-state index contributed by atoms with van der Waals surface area (Å²) in [4.78, 5) is 24.9. The average molecular weight is 434 g/mol. The Morgan fingerprint density at radius 2 is 2.00 bits per heavy atom. The lowest BCUT2D eigenvalue weighted by atomic mass is 10.1. The topological polar surface area (TPSA) is 110 Å². The summed E-state index contributed by atoms with van der Waals surface area (Å²) in [5.74, 6) is -0.158. The third-order valence-corrected chi connectivity index (χ3v) is 5.22. The van der Waals surface area contributed by atoms with Gasteiger partial charge in [0.15, 0.2) is 5.11 Å². The summed E-state index contributed by atoms with van der Waals surface area (Å²) >= 11 is 6.22. The SMILES string of the molecule is CCOC(=O)c1sc(NC(=S)NC(=O)c2ccc(OC)cc2OC)c(C#N)c1C. The summed E-state index contributed by atoms with van der Waals surface area (Å²) < 4.78 is 15.3. The van der Waals surface area contributed by atoms with Crippen LogP contribution in [-0.2, 0) is 4.74 Å². The number of hydrogen-bond acceptors (Lipinski definition) is 8. The maximum Gasteiger partial charge on any atom is 0.348 e. The van der Waals surface area contributed by atoms with Crippen molar-refractivity contribution in [3.8, 4) is 17.6 Å². The van der Waals surface area contributed by atoms with Gasteiger partial charge in [0.05, 0.1) is 32.0 Å². The number of ether oxygens (including phenoxy) is 3. The Balaban J connectivity index is 2.19. The first-order chi connectivity index (χ1) is 13.9. The van der Waals surface area contributed by atoms with E-state index in [-0.39, 0.29) is 22.8 Å². The molecule has 0 bridgehead atoms. The molecule has 1 aromatic heterocycles. The molecule has 2 N–H and O–H groups in total. The van der Waals surface area contributed by atoms with E-state index in [0.29, 0.717) is 26.9 Å². The second kappa shape index (κ2) is 9.86. The molecule has 1 heterocycles. The number of rotatable bonds is 6. The minimum absolute atomic E-state index is 0.0268. The molecule has 0 saturated heterocycles. The number of thiocarbonyl (C=S) groups is 1. The number of carbonyl (C=O) groups excluding carboxylic acids is 2. The number of hydrogen-bond donors (Lipinski definition) is 2. The molecule has 8 nitrogen and oxygen atoms in total. The Kier molecular flexibility index (Phi) is 7.52. The molecule has 0 radical (unpaired) electrons. The van der Waals surface area contributed by atoms with Gasteiger partial charge in [0.1, 0.15) is 27.4 Å². The first-order valence-corrected chi connectivity index (χ1v) is 9.63. The summed E-state index contributed by atoms with van der Waals surface area (Å²) in [6.45, 7) is 3.57. The van der Waals surface area contributed by atoms with Crippen LogP contribution in [0.5, 0.6) is 11.5 Å². The second-order valence-electron chi connectivity index (χ2n) is 5.57. The minimum Gasteiger partial charge on any atom is -0.497 e. The molecule has 0 spiro atoms. The highest BCUT2D eigenvalue weighted by molar-refractivity contribution is 7.80. The lowest BCUT2D eigenvalue weighted by Crippen LogP contribution is -2.34. The van der Waals surface area contributed by atoms with E-state index >= 15 is 0 Å². The number of thiophene rings is 1. The minimum atomic E-state index is -0.516. The molecule has 0 unspecified atom stereocenters. The van der Waals surface area contributed by atoms with Gasteiger partial charge in [-0.2, -0.15) is 5.26 Å². The van der Waals surface area contributed by atoms with Crippen LogP contribution in [0.2, 0.25) is 0 Å². The summed E-state index contributed by atoms with van der Waals surface area (Å²) in [6, 6.07) is 6.78. The molecule has 1 amide bonds. The molecule has 2 aromatic rings. The quantitative estimate of drug-likeness (QED) is 0.528. The van der Waals surface area contributed by atoms with Crippen molar-refractivity contribution in [3.05, 3.63) is 39.8 Å². The Labute approximate surface area is 177 Å². The van der Waals surface area contributed by atoms with Crippen LogP contribution in [0.1, 0.15) is 38.1 Å². The van der Waals surface area contributed by atoms with Crippen LogP contribution in [0, 0.1) is 18.3 Å². The van der Waals surface area contributed by atoms with Crippen molar-refractivity contribution in [3.63, 3.8) is 0 Å². The number of esters is 1. The molecular formula is C19H19N3O5S2. The van der Waals surface area contributed by atoms with Gasteiger partial charge in [0.2, 0.25) is 0 Å². The molecule has 29 heavy (non-hydrogen) atoms. The van der Waals surface area contributed by atoms with Gasteiger partial charge in [-0.1, -0.05) is 0 Å². The van der Waals surface area contributed by atoms with E-state index < -0.39 is 11.9 Å². The van der Waals surface area contributed by atoms with Crippen LogP contribution in [0.4, 0.5) is 5.00 Å². The van der Waals surface area contributed by atoms with Crippen molar-refractivity contribution in [2.45, 2.75) is 13.8 Å². The molecule has 0 aliphatic rings. The van der Waals surface area contributed by atoms with Crippen molar-refractivity contribution in [2.24, 2.45) is 0 Å². The summed E-state index contributed by atoms with van der Waals surface area (Å²) in [5, 5.41) is 15.1. The summed E-state index contributed by atoms with van der Waals surface area (Å²) in [6.07, 6.45) is 0. The lowest BCUT2D eigenvalue weighted by Gasteiger charge is -2.12. The van der Waals surface area contributed by atoms with Crippen LogP contribution in [-0.4, -0.2) is 37.8 Å². The maximum atomic E-state index is 12.5. The van der Waals surface area contributed by atoms with Crippen molar-refractivity contribution in [2.75, 3.05) is 26.1 Å². The molecule has 0 saturated carbocycles. The molecule has 152 valence electrons. The first-order valence-electron chi connectivity index (χ1n) is 8.41. The van der Waals surface area contributed by atoms with Gasteiger partial charge in [0.25, 0.3) is 5.91 Å². The number of methoxy groups -OCH3 is 2. The molecule has 10 heteroatoms. The Morgan fingerprint density at radius 1 is 1.28 bits per heavy atom. The monoisotopic (exact) mass is 433 g/mol. The third kappa shape index (κ3) is 5.01. The highest BCUT2D eigenvalue weighted by Gasteiger charge is 2.22. The predicted octanol–water partition coefficient (Wildman–Crippen LogP) is 3.25. The standard InChI is InChI=1S/C19H19N3O5S2/c1-5-27-18(24)15-10(2)13(9-20)17(29-15)22-19(28)21-16(23)12-7-6-11(25-3)8-14(12)26-4/h6-8H,5H2,1-4H3,(H2,21,22,23,28). The first kappa shape index (κ1) is 22.1. The van der Waals surface area contributed by atoms with Gasteiger partial charge in [-0.15, -0.1) is 11.3 Å². The number of carbonyl (C=O) groups is 2. The van der Waals surface area contributed by atoms with Crippen LogP contribution >= 0.6 is 23.6 Å². The molecule has 2 rings (SSSR count). The lowest BCUT2D eigenvalue weighted by molar-refractivity contribution is 0.0531. The smallest absolute Gasteiger partial charge is 0.348 e. The molecule has 0 fully saturated rings. The molecule has 0 aliphatic heterocycles. The van der Waals surface area contributed by atoms with Gasteiger partial charge < -0.3 is 19.5 Å². The zero-order valence-electron chi connectivity index (χ0n) is 16.2. The summed E-state index contributed by atoms with van der Waals surface area (Å²) in [7, 11) is 2.95. The van der Waals surface area contributed by atoms with Crippen molar-refractivity contribution in [1.82, 2.24) is 5.32 Å². The number of nitrogens with zero attached hydrogens (tertiary/aromatic N) is 1. The van der Waals surface area contributed by atoms with Crippen LogP contribution in [0.15, 0.2) is 18.2 Å². The van der Waals surface area contributed by atoms with Gasteiger partial charge in [-0.25, -0.2) is 4.79 Å². The van der Waals surface area contributed by atoms with Gasteiger partial charge >= 0.3 is 5.97 Å². The van der Waals surface area contributed by atoms with Gasteiger partial charge in [0, 0.05) is 6.07 Å². The van der Waals surface area contributed by atoms with E-state index in [9.17, 15) is 14.9 Å². The van der Waals surface area contributed by atoms with E-state index in [1.807, 2.05) is 6.07 Å². The second-order valence-corrected chi connectivity index (χ2v) is 7.00. The molecular weight excluding hydrogens is 414 g/mol. The maximum absolute atomic E-state index is 12.5. The van der Waals surface area contributed by atoms with E-state index in [1.165, 1.54) is 14.2 Å². The van der Waals surface area contributed by atoms with E-state index in [0.717, 1.165) is 11.3 Å². The number of anilines is 1. The Bertz CT molecular complexity index is 994. The van der Waals surface area contributed by atoms with E-state index in [2.05, 4.69) is 10.6 Å². The van der Waals surface area contributed by atoms with Gasteiger partial charge in [-0.3, -0.25) is 10.1 Å². The fourth-order valence-electron chi connectivity index (χ4n) is 2.42. The molecule has 1 aromatic carbocycles. The van der Waals surface area contributed by atoms with Crippen molar-refractivity contribution in [1.29, 1.82) is 5.26 Å². The average Bonchev–Trinajstić information content (AvgIpc) is 3.02. The van der Waals surface area contributed by atoms with Gasteiger partial charge in [-0.05, 0) is 43.8 Å². The fourth-order valence-corrected chi connectivity index (χ4v) is 3.73. The number of nitriles is 1. The predicted molar refractivity (Wildman–Crippen MR) is 113 cm³/mol. The Morgan fingerprint density at radius 3 is 2.59 bits per heavy atom. The van der Waals surface area contributed by atoms with Crippen molar-refractivity contribution >= 4 is 45.5 Å². The number of nitrogens with one attached hydrogen (secondary N) is 2. The van der Waals surface area contributed by atoms with Crippen LogP contribution < -0.4 is 20.1 Å².